The van der Waals surface area contributed by atoms with Crippen molar-refractivity contribution in [1.82, 2.24) is 9.97 Å². The second-order valence-corrected chi connectivity index (χ2v) is 8.07. The molecule has 4 amide bonds. The Morgan fingerprint density at radius 1 is 0.645 bits per heavy atom. The van der Waals surface area contributed by atoms with E-state index < -0.39 is 0 Å². The van der Waals surface area contributed by atoms with Gasteiger partial charge in [0.05, 0.1) is 11.4 Å². The van der Waals surface area contributed by atoms with Crippen molar-refractivity contribution < 1.29 is 9.59 Å². The number of urea groups is 2. The average Bonchev–Trinajstić information content (AvgIpc) is 3.38. The molecule has 0 fully saturated rings. The van der Waals surface area contributed by atoms with Gasteiger partial charge in [-0.25, -0.2) is 19.6 Å². The van der Waals surface area contributed by atoms with Crippen LogP contribution in [0.25, 0.3) is 0 Å². The highest BCUT2D eigenvalue weighted by atomic mass is 32.1. The largest absolute Gasteiger partial charge is 0.325 e. The molecule has 4 rings (SSSR count). The molecular formula is C21H18N6O2S2. The molecule has 0 radical (unpaired) electrons. The molecule has 0 unspecified atom stereocenters. The number of nitrogens with zero attached hydrogens (tertiary/aromatic N) is 2. The van der Waals surface area contributed by atoms with Crippen molar-refractivity contribution in [3.05, 3.63) is 82.8 Å². The van der Waals surface area contributed by atoms with E-state index in [2.05, 4.69) is 31.2 Å². The number of para-hydroxylation sites is 2. The summed E-state index contributed by atoms with van der Waals surface area (Å²) in [6.07, 6.45) is 0.497. The number of anilines is 4. The molecule has 0 saturated carbocycles. The lowest BCUT2D eigenvalue weighted by Gasteiger charge is -2.04. The first-order chi connectivity index (χ1) is 15.1. The number of aromatic nitrogens is 2. The van der Waals surface area contributed by atoms with E-state index >= 15 is 0 Å². The summed E-state index contributed by atoms with van der Waals surface area (Å²) in [5, 5.41) is 15.7. The smallest absolute Gasteiger partial charge is 0.308 e. The fourth-order valence-corrected chi connectivity index (χ4v) is 4.05. The van der Waals surface area contributed by atoms with Gasteiger partial charge in [-0.05, 0) is 24.3 Å². The van der Waals surface area contributed by atoms with Gasteiger partial charge in [0.2, 0.25) is 0 Å². The zero-order valence-corrected chi connectivity index (χ0v) is 17.8. The van der Waals surface area contributed by atoms with Crippen molar-refractivity contribution in [3.8, 4) is 0 Å². The number of amides is 4. The van der Waals surface area contributed by atoms with Gasteiger partial charge in [0.25, 0.3) is 0 Å². The fraction of sp³-hybridized carbons (Fsp3) is 0.0476. The minimum absolute atomic E-state index is 0.350. The fourth-order valence-electron chi connectivity index (χ4n) is 2.64. The highest BCUT2D eigenvalue weighted by Crippen LogP contribution is 2.22. The molecule has 8 nitrogen and oxygen atoms in total. The minimum Gasteiger partial charge on any atom is -0.308 e. The minimum atomic E-state index is -0.350. The Kier molecular flexibility index (Phi) is 6.50. The number of rotatable bonds is 6. The monoisotopic (exact) mass is 450 g/mol. The second kappa shape index (κ2) is 9.83. The first-order valence-corrected chi connectivity index (χ1v) is 11.0. The molecule has 4 aromatic rings. The summed E-state index contributed by atoms with van der Waals surface area (Å²) in [7, 11) is 0. The molecule has 156 valence electrons. The van der Waals surface area contributed by atoms with Gasteiger partial charge in [-0.3, -0.25) is 10.6 Å². The van der Waals surface area contributed by atoms with Crippen LogP contribution in [0.3, 0.4) is 0 Å². The third-order valence-electron chi connectivity index (χ3n) is 3.97. The molecule has 4 N–H and O–H groups in total. The highest BCUT2D eigenvalue weighted by Gasteiger charge is 2.11. The predicted molar refractivity (Wildman–Crippen MR) is 125 cm³/mol. The van der Waals surface area contributed by atoms with Crippen molar-refractivity contribution >= 4 is 56.4 Å². The molecule has 0 atom stereocenters. The van der Waals surface area contributed by atoms with Crippen LogP contribution in [0.5, 0.6) is 0 Å². The van der Waals surface area contributed by atoms with Crippen LogP contribution in [0.4, 0.5) is 31.2 Å². The molecule has 2 aromatic carbocycles. The van der Waals surface area contributed by atoms with Gasteiger partial charge in [-0.15, -0.1) is 22.7 Å². The third-order valence-corrected chi connectivity index (χ3v) is 5.58. The molecule has 0 bridgehead atoms. The maximum absolute atomic E-state index is 12.1. The molecule has 0 saturated heterocycles. The van der Waals surface area contributed by atoms with E-state index in [9.17, 15) is 9.59 Å². The Bertz CT molecular complexity index is 1070. The summed E-state index contributed by atoms with van der Waals surface area (Å²) in [6, 6.07) is 17.7. The predicted octanol–water partition coefficient (Wildman–Crippen LogP) is 5.48. The van der Waals surface area contributed by atoms with E-state index in [-0.39, 0.29) is 12.1 Å². The first-order valence-electron chi connectivity index (χ1n) is 9.29. The summed E-state index contributed by atoms with van der Waals surface area (Å²) in [5.41, 5.74) is 2.97. The van der Waals surface area contributed by atoms with Crippen LogP contribution >= 0.6 is 22.7 Å². The Morgan fingerprint density at radius 3 is 1.48 bits per heavy atom. The van der Waals surface area contributed by atoms with Gasteiger partial charge in [-0.2, -0.15) is 0 Å². The maximum atomic E-state index is 12.1. The third kappa shape index (κ3) is 6.11. The Morgan fingerprint density at radius 2 is 1.06 bits per heavy atom. The van der Waals surface area contributed by atoms with E-state index in [0.29, 0.717) is 28.1 Å². The lowest BCUT2D eigenvalue weighted by molar-refractivity contribution is 0.261. The zero-order chi connectivity index (χ0) is 21.5. The Balaban J connectivity index is 1.28. The SMILES string of the molecule is O=C(Nc1ccccc1)Nc1nc(Cc2csc(NC(=O)Nc3ccccc3)n2)cs1. The maximum Gasteiger partial charge on any atom is 0.325 e. The quantitative estimate of drug-likeness (QED) is 0.312. The second-order valence-electron chi connectivity index (χ2n) is 6.36. The molecule has 2 aromatic heterocycles. The first kappa shape index (κ1) is 20.5. The van der Waals surface area contributed by atoms with E-state index in [1.807, 2.05) is 47.2 Å². The van der Waals surface area contributed by atoms with E-state index in [4.69, 9.17) is 0 Å². The van der Waals surface area contributed by atoms with Crippen molar-refractivity contribution in [2.75, 3.05) is 21.3 Å². The summed E-state index contributed by atoms with van der Waals surface area (Å²) < 4.78 is 0. The number of nitrogens with one attached hydrogen (secondary N) is 4. The normalized spacial score (nSPS) is 10.3. The lowest BCUT2D eigenvalue weighted by Crippen LogP contribution is -2.19. The zero-order valence-electron chi connectivity index (χ0n) is 16.2. The van der Waals surface area contributed by atoms with Gasteiger partial charge in [0, 0.05) is 28.6 Å². The highest BCUT2D eigenvalue weighted by molar-refractivity contribution is 7.14. The number of benzene rings is 2. The van der Waals surface area contributed by atoms with E-state index in [1.165, 1.54) is 22.7 Å². The molecule has 10 heteroatoms. The van der Waals surface area contributed by atoms with Crippen molar-refractivity contribution in [2.45, 2.75) is 6.42 Å². The van der Waals surface area contributed by atoms with Gasteiger partial charge < -0.3 is 10.6 Å². The number of carbonyl (C=O) groups is 2. The van der Waals surface area contributed by atoms with Crippen LogP contribution < -0.4 is 21.3 Å². The van der Waals surface area contributed by atoms with Crippen LogP contribution in [-0.2, 0) is 6.42 Å². The molecular weight excluding hydrogens is 432 g/mol. The van der Waals surface area contributed by atoms with Crippen LogP contribution in [-0.4, -0.2) is 22.0 Å². The molecule has 0 aliphatic carbocycles. The number of hydrogen-bond donors (Lipinski definition) is 4. The van der Waals surface area contributed by atoms with Gasteiger partial charge in [-0.1, -0.05) is 36.4 Å². The van der Waals surface area contributed by atoms with Crippen molar-refractivity contribution in [1.29, 1.82) is 0 Å². The summed E-state index contributed by atoms with van der Waals surface area (Å²) in [6.45, 7) is 0. The van der Waals surface area contributed by atoms with E-state index in [1.54, 1.807) is 24.3 Å². The standard InChI is InChI=1S/C21H18N6O2S2/c28-18(22-14-7-3-1-4-8-14)26-20-24-16(12-30-20)11-17-13-31-21(25-17)27-19(29)23-15-9-5-2-6-10-15/h1-10,12-13H,11H2,(H2,22,24,26,28)(H2,23,25,27,29). The van der Waals surface area contributed by atoms with Gasteiger partial charge in [0.15, 0.2) is 10.3 Å². The molecule has 0 aliphatic rings. The van der Waals surface area contributed by atoms with Crippen molar-refractivity contribution in [3.63, 3.8) is 0 Å². The molecule has 0 aliphatic heterocycles. The number of carbonyl (C=O) groups excluding carboxylic acids is 2. The molecule has 2 heterocycles. The average molecular weight is 451 g/mol. The summed E-state index contributed by atoms with van der Waals surface area (Å²) in [4.78, 5) is 33.0. The number of hydrogen-bond acceptors (Lipinski definition) is 6. The van der Waals surface area contributed by atoms with Crippen molar-refractivity contribution in [2.24, 2.45) is 0 Å². The van der Waals surface area contributed by atoms with Crippen LogP contribution in [0, 0.1) is 0 Å². The summed E-state index contributed by atoms with van der Waals surface area (Å²) >= 11 is 2.68. The topological polar surface area (TPSA) is 108 Å². The Hall–Kier alpha value is -3.76. The van der Waals surface area contributed by atoms with Crippen LogP contribution in [0.2, 0.25) is 0 Å². The van der Waals surface area contributed by atoms with E-state index in [0.717, 1.165) is 11.4 Å². The van der Waals surface area contributed by atoms with Gasteiger partial charge in [0.1, 0.15) is 0 Å². The Labute approximate surface area is 186 Å². The van der Waals surface area contributed by atoms with Crippen LogP contribution in [0.1, 0.15) is 11.4 Å². The van der Waals surface area contributed by atoms with Gasteiger partial charge >= 0.3 is 12.1 Å². The van der Waals surface area contributed by atoms with Crippen LogP contribution in [0.15, 0.2) is 71.4 Å². The molecule has 0 spiro atoms. The lowest BCUT2D eigenvalue weighted by atomic mass is 10.3. The number of thiazole rings is 2. The summed E-state index contributed by atoms with van der Waals surface area (Å²) in [5.74, 6) is 0. The molecule has 31 heavy (non-hydrogen) atoms.